The van der Waals surface area contributed by atoms with Gasteiger partial charge in [0.15, 0.2) is 5.82 Å². The van der Waals surface area contributed by atoms with E-state index in [1.54, 1.807) is 4.90 Å². The first-order valence-corrected chi connectivity index (χ1v) is 8.72. The first-order chi connectivity index (χ1) is 11.0. The van der Waals surface area contributed by atoms with Crippen molar-refractivity contribution in [1.29, 1.82) is 0 Å². The molecule has 2 rings (SSSR count). The molecule has 6 heteroatoms. The zero-order chi connectivity index (χ0) is 17.0. The van der Waals surface area contributed by atoms with Gasteiger partial charge in [0.05, 0.1) is 5.69 Å². The number of imidazole rings is 1. The number of fused-ring (bicyclic) bond motifs is 1. The average molecular weight is 320 g/mol. The van der Waals surface area contributed by atoms with Gasteiger partial charge in [-0.3, -0.25) is 9.59 Å². The van der Waals surface area contributed by atoms with Crippen LogP contribution in [0.4, 0.5) is 0 Å². The molecule has 6 nitrogen and oxygen atoms in total. The molecule has 128 valence electrons. The Morgan fingerprint density at radius 3 is 2.57 bits per heavy atom. The highest BCUT2D eigenvalue weighted by atomic mass is 16.2. The van der Waals surface area contributed by atoms with Crippen molar-refractivity contribution in [3.05, 3.63) is 17.2 Å². The number of aromatic nitrogens is 2. The van der Waals surface area contributed by atoms with Crippen LogP contribution in [0, 0.1) is 0 Å². The van der Waals surface area contributed by atoms with Gasteiger partial charge in [-0.2, -0.15) is 0 Å². The molecular formula is C17H28N4O2. The molecule has 0 radical (unpaired) electrons. The summed E-state index contributed by atoms with van der Waals surface area (Å²) in [7, 11) is 0. The lowest BCUT2D eigenvalue weighted by Gasteiger charge is -2.21. The summed E-state index contributed by atoms with van der Waals surface area (Å²) >= 11 is 0. The Morgan fingerprint density at radius 1 is 1.26 bits per heavy atom. The van der Waals surface area contributed by atoms with Gasteiger partial charge < -0.3 is 14.8 Å². The van der Waals surface area contributed by atoms with E-state index in [1.165, 1.54) is 0 Å². The summed E-state index contributed by atoms with van der Waals surface area (Å²) < 4.78 is 1.95. The van der Waals surface area contributed by atoms with E-state index in [1.807, 2.05) is 32.3 Å². The molecule has 0 saturated carbocycles. The summed E-state index contributed by atoms with van der Waals surface area (Å²) in [4.78, 5) is 31.4. The second kappa shape index (κ2) is 7.62. The molecule has 0 aliphatic carbocycles. The average Bonchev–Trinajstić information content (AvgIpc) is 2.95. The lowest BCUT2D eigenvalue weighted by atomic mass is 10.1. The normalized spacial score (nSPS) is 15.0. The van der Waals surface area contributed by atoms with Crippen molar-refractivity contribution in [1.82, 2.24) is 19.8 Å². The van der Waals surface area contributed by atoms with Gasteiger partial charge in [-0.25, -0.2) is 4.98 Å². The molecule has 1 unspecified atom stereocenters. The number of carbonyl (C=O) groups excluding carboxylic acids is 2. The molecule has 23 heavy (non-hydrogen) atoms. The molecule has 1 aliphatic heterocycles. The van der Waals surface area contributed by atoms with E-state index in [9.17, 15) is 9.59 Å². The fraction of sp³-hybridized carbons (Fsp3) is 0.706. The van der Waals surface area contributed by atoms with Crippen LogP contribution in [-0.4, -0.2) is 45.4 Å². The van der Waals surface area contributed by atoms with Crippen LogP contribution in [0.1, 0.15) is 73.8 Å². The van der Waals surface area contributed by atoms with Crippen molar-refractivity contribution < 1.29 is 9.59 Å². The minimum Gasteiger partial charge on any atom is -0.348 e. The Bertz CT molecular complexity index is 575. The fourth-order valence-electron chi connectivity index (χ4n) is 2.93. The van der Waals surface area contributed by atoms with Crippen LogP contribution < -0.4 is 5.32 Å². The van der Waals surface area contributed by atoms with Gasteiger partial charge >= 0.3 is 0 Å². The van der Waals surface area contributed by atoms with Crippen LogP contribution in [0.5, 0.6) is 0 Å². The highest BCUT2D eigenvalue weighted by Crippen LogP contribution is 2.22. The van der Waals surface area contributed by atoms with E-state index >= 15 is 0 Å². The van der Waals surface area contributed by atoms with Crippen LogP contribution in [0.25, 0.3) is 0 Å². The first kappa shape index (κ1) is 17.5. The Balaban J connectivity index is 2.38. The molecule has 1 atom stereocenters. The van der Waals surface area contributed by atoms with Crippen LogP contribution in [0.15, 0.2) is 0 Å². The summed E-state index contributed by atoms with van der Waals surface area (Å²) in [5, 5.41) is 2.97. The monoisotopic (exact) mass is 320 g/mol. The molecule has 0 spiro atoms. The second-order valence-electron chi connectivity index (χ2n) is 6.10. The molecule has 0 bridgehead atoms. The van der Waals surface area contributed by atoms with Gasteiger partial charge in [0.1, 0.15) is 5.69 Å². The van der Waals surface area contributed by atoms with E-state index < -0.39 is 0 Å². The van der Waals surface area contributed by atoms with Gasteiger partial charge in [-0.05, 0) is 46.5 Å². The Labute approximate surface area is 138 Å². The number of nitrogens with one attached hydrogen (secondary N) is 1. The van der Waals surface area contributed by atoms with E-state index in [0.29, 0.717) is 24.6 Å². The smallest absolute Gasteiger partial charge is 0.289 e. The van der Waals surface area contributed by atoms with Crippen LogP contribution >= 0.6 is 0 Å². The Hall–Kier alpha value is -1.85. The summed E-state index contributed by atoms with van der Waals surface area (Å²) in [5.41, 5.74) is 1.34. The molecule has 0 saturated heterocycles. The molecule has 1 N–H and O–H groups in total. The number of nitrogens with zero attached hydrogens (tertiary/aromatic N) is 3. The molecule has 1 aromatic rings. The largest absolute Gasteiger partial charge is 0.348 e. The standard InChI is InChI=1S/C17H28N4O2/c1-5-12(4)18-16(22)14-13-10-8-9-11-21(13)15(19-14)17(23)20(6-2)7-3/h12H,5-11H2,1-4H3,(H,18,22). The zero-order valence-electron chi connectivity index (χ0n) is 14.7. The number of rotatable bonds is 6. The number of hydrogen-bond donors (Lipinski definition) is 1. The van der Waals surface area contributed by atoms with Gasteiger partial charge in [0.2, 0.25) is 0 Å². The van der Waals surface area contributed by atoms with Crippen molar-refractivity contribution in [3.63, 3.8) is 0 Å². The van der Waals surface area contributed by atoms with E-state index in [2.05, 4.69) is 10.3 Å². The van der Waals surface area contributed by atoms with Gasteiger partial charge in [0.25, 0.3) is 11.8 Å². The third-order valence-corrected chi connectivity index (χ3v) is 4.56. The molecule has 2 heterocycles. The third-order valence-electron chi connectivity index (χ3n) is 4.56. The SMILES string of the molecule is CCC(C)NC(=O)c1nc(C(=O)N(CC)CC)n2c1CCCC2. The van der Waals surface area contributed by atoms with E-state index in [4.69, 9.17) is 0 Å². The van der Waals surface area contributed by atoms with Gasteiger partial charge in [-0.1, -0.05) is 6.92 Å². The Kier molecular flexibility index (Phi) is 5.80. The summed E-state index contributed by atoms with van der Waals surface area (Å²) in [6.07, 6.45) is 3.73. The predicted molar refractivity (Wildman–Crippen MR) is 89.6 cm³/mol. The quantitative estimate of drug-likeness (QED) is 0.874. The maximum atomic E-state index is 12.7. The predicted octanol–water partition coefficient (Wildman–Crippen LogP) is 2.23. The summed E-state index contributed by atoms with van der Waals surface area (Å²) in [5.74, 6) is 0.169. The van der Waals surface area contributed by atoms with Crippen molar-refractivity contribution in [3.8, 4) is 0 Å². The minimum atomic E-state index is -0.163. The second-order valence-corrected chi connectivity index (χ2v) is 6.10. The molecule has 0 aromatic carbocycles. The lowest BCUT2D eigenvalue weighted by molar-refractivity contribution is 0.0754. The fourth-order valence-corrected chi connectivity index (χ4v) is 2.93. The lowest BCUT2D eigenvalue weighted by Crippen LogP contribution is -2.33. The minimum absolute atomic E-state index is 0.0826. The highest BCUT2D eigenvalue weighted by Gasteiger charge is 2.29. The topological polar surface area (TPSA) is 67.2 Å². The molecule has 1 aliphatic rings. The molecule has 2 amide bonds. The number of carbonyl (C=O) groups is 2. The van der Waals surface area contributed by atoms with E-state index in [-0.39, 0.29) is 17.9 Å². The number of hydrogen-bond acceptors (Lipinski definition) is 3. The zero-order valence-corrected chi connectivity index (χ0v) is 14.7. The van der Waals surface area contributed by atoms with Crippen molar-refractivity contribution in [2.24, 2.45) is 0 Å². The van der Waals surface area contributed by atoms with Gasteiger partial charge in [0, 0.05) is 25.7 Å². The summed E-state index contributed by atoms with van der Waals surface area (Å²) in [6.45, 7) is 9.97. The van der Waals surface area contributed by atoms with Crippen molar-refractivity contribution >= 4 is 11.8 Å². The highest BCUT2D eigenvalue weighted by molar-refractivity contribution is 5.97. The van der Waals surface area contributed by atoms with Crippen LogP contribution in [0.2, 0.25) is 0 Å². The molecule has 0 fully saturated rings. The van der Waals surface area contributed by atoms with Crippen molar-refractivity contribution in [2.75, 3.05) is 13.1 Å². The molecular weight excluding hydrogens is 292 g/mol. The first-order valence-electron chi connectivity index (χ1n) is 8.72. The maximum absolute atomic E-state index is 12.7. The van der Waals surface area contributed by atoms with Gasteiger partial charge in [-0.15, -0.1) is 0 Å². The van der Waals surface area contributed by atoms with E-state index in [0.717, 1.165) is 37.9 Å². The summed E-state index contributed by atoms with van der Waals surface area (Å²) in [6, 6.07) is 0.102. The van der Waals surface area contributed by atoms with Crippen molar-refractivity contribution in [2.45, 2.75) is 66.0 Å². The Morgan fingerprint density at radius 2 is 1.96 bits per heavy atom. The molecule has 1 aromatic heterocycles. The third kappa shape index (κ3) is 3.57. The van der Waals surface area contributed by atoms with Crippen LogP contribution in [0.3, 0.4) is 0 Å². The number of amides is 2. The maximum Gasteiger partial charge on any atom is 0.289 e. The van der Waals surface area contributed by atoms with Crippen LogP contribution in [-0.2, 0) is 13.0 Å².